The van der Waals surface area contributed by atoms with Crippen LogP contribution < -0.4 is 10.6 Å². The van der Waals surface area contributed by atoms with E-state index >= 15 is 0 Å². The topological polar surface area (TPSA) is 107 Å². The zero-order valence-electron chi connectivity index (χ0n) is 14.0. The lowest BCUT2D eigenvalue weighted by atomic mass is 10.3. The monoisotopic (exact) mass is 420 g/mol. The molecule has 0 aliphatic rings. The average Bonchev–Trinajstić information content (AvgIpc) is 3.33. The van der Waals surface area contributed by atoms with Crippen molar-refractivity contribution in [3.05, 3.63) is 52.9 Å². The van der Waals surface area contributed by atoms with Gasteiger partial charge in [-0.05, 0) is 28.1 Å². The second-order valence-corrected chi connectivity index (χ2v) is 6.43. The lowest BCUT2D eigenvalue weighted by Gasteiger charge is -2.08. The number of nitrogens with one attached hydrogen (secondary N) is 2. The highest BCUT2D eigenvalue weighted by Gasteiger charge is 2.18. The summed E-state index contributed by atoms with van der Waals surface area (Å²) in [4.78, 5) is 24.6. The van der Waals surface area contributed by atoms with Crippen molar-refractivity contribution in [1.29, 1.82) is 0 Å². The van der Waals surface area contributed by atoms with Crippen molar-refractivity contribution >= 4 is 33.4 Å². The number of carbonyl (C=O) groups excluding carboxylic acids is 2. The number of nitrogens with zero attached hydrogens (tertiary/aromatic N) is 4. The third kappa shape index (κ3) is 4.39. The van der Waals surface area contributed by atoms with Crippen molar-refractivity contribution < 1.29 is 14.0 Å². The molecular weight excluding hydrogens is 404 g/mol. The summed E-state index contributed by atoms with van der Waals surface area (Å²) in [5.74, 6) is 0.0499. The SMILES string of the molecule is Cn1ncc(NC(=O)CCn2cc(Br)cn2)c1C(=O)NCc1ccco1. The fraction of sp³-hybridized carbons (Fsp3) is 0.250. The summed E-state index contributed by atoms with van der Waals surface area (Å²) in [5.41, 5.74) is 0.628. The van der Waals surface area contributed by atoms with E-state index in [0.717, 1.165) is 4.47 Å². The quantitative estimate of drug-likeness (QED) is 0.607. The molecule has 0 saturated carbocycles. The maximum absolute atomic E-state index is 12.4. The Labute approximate surface area is 157 Å². The molecule has 0 aliphatic carbocycles. The van der Waals surface area contributed by atoms with Crippen LogP contribution in [0, 0.1) is 0 Å². The lowest BCUT2D eigenvalue weighted by molar-refractivity contribution is -0.116. The second-order valence-electron chi connectivity index (χ2n) is 5.51. The van der Waals surface area contributed by atoms with E-state index in [1.165, 1.54) is 17.1 Å². The molecule has 3 heterocycles. The van der Waals surface area contributed by atoms with Gasteiger partial charge in [0.2, 0.25) is 5.91 Å². The Kier molecular flexibility index (Phi) is 5.52. The van der Waals surface area contributed by atoms with Crippen LogP contribution in [-0.2, 0) is 24.9 Å². The summed E-state index contributed by atoms with van der Waals surface area (Å²) in [7, 11) is 1.64. The molecule has 0 aromatic carbocycles. The van der Waals surface area contributed by atoms with Gasteiger partial charge in [-0.3, -0.25) is 19.0 Å². The molecule has 0 bridgehead atoms. The van der Waals surface area contributed by atoms with Gasteiger partial charge in [0, 0.05) is 26.2 Å². The predicted octanol–water partition coefficient (Wildman–Crippen LogP) is 1.93. The summed E-state index contributed by atoms with van der Waals surface area (Å²) in [6.07, 6.45) is 6.64. The maximum Gasteiger partial charge on any atom is 0.272 e. The second kappa shape index (κ2) is 8.00. The van der Waals surface area contributed by atoms with Gasteiger partial charge in [0.05, 0.1) is 35.4 Å². The van der Waals surface area contributed by atoms with Gasteiger partial charge < -0.3 is 15.1 Å². The normalized spacial score (nSPS) is 10.7. The molecule has 0 spiro atoms. The number of hydrogen-bond acceptors (Lipinski definition) is 5. The number of carbonyl (C=O) groups is 2. The van der Waals surface area contributed by atoms with Crippen LogP contribution in [0.3, 0.4) is 0 Å². The summed E-state index contributed by atoms with van der Waals surface area (Å²) < 4.78 is 9.10. The van der Waals surface area contributed by atoms with Gasteiger partial charge >= 0.3 is 0 Å². The van der Waals surface area contributed by atoms with Gasteiger partial charge in [0.15, 0.2) is 0 Å². The Balaban J connectivity index is 1.59. The number of furan rings is 1. The molecule has 0 aliphatic heterocycles. The standard InChI is InChI=1S/C16H17BrN6O3/c1-22-15(16(25)18-8-12-3-2-6-26-12)13(9-19-22)21-14(24)4-5-23-10-11(17)7-20-23/h2-3,6-7,9-10H,4-5,8H2,1H3,(H,18,25)(H,21,24). The molecule has 0 radical (unpaired) electrons. The zero-order chi connectivity index (χ0) is 18.5. The molecule has 2 amide bonds. The van der Waals surface area contributed by atoms with Crippen molar-refractivity contribution in [1.82, 2.24) is 24.9 Å². The van der Waals surface area contributed by atoms with E-state index in [1.54, 1.807) is 36.3 Å². The van der Waals surface area contributed by atoms with Gasteiger partial charge in [0.1, 0.15) is 11.5 Å². The van der Waals surface area contributed by atoms with E-state index in [2.05, 4.69) is 36.8 Å². The first-order valence-corrected chi connectivity index (χ1v) is 8.62. The number of rotatable bonds is 7. The van der Waals surface area contributed by atoms with E-state index in [1.807, 2.05) is 0 Å². The van der Waals surface area contributed by atoms with Crippen LogP contribution >= 0.6 is 15.9 Å². The minimum Gasteiger partial charge on any atom is -0.467 e. The van der Waals surface area contributed by atoms with E-state index < -0.39 is 0 Å². The van der Waals surface area contributed by atoms with Crippen LogP contribution in [0.1, 0.15) is 22.7 Å². The van der Waals surface area contributed by atoms with Gasteiger partial charge in [-0.25, -0.2) is 0 Å². The minimum atomic E-state index is -0.354. The average molecular weight is 421 g/mol. The van der Waals surface area contributed by atoms with Gasteiger partial charge in [-0.1, -0.05) is 0 Å². The lowest BCUT2D eigenvalue weighted by Crippen LogP contribution is -2.26. The van der Waals surface area contributed by atoms with Crippen LogP contribution in [0.15, 0.2) is 45.9 Å². The van der Waals surface area contributed by atoms with Crippen LogP contribution in [-0.4, -0.2) is 31.4 Å². The molecule has 10 heteroatoms. The van der Waals surface area contributed by atoms with E-state index in [0.29, 0.717) is 18.0 Å². The molecule has 136 valence electrons. The van der Waals surface area contributed by atoms with Crippen molar-refractivity contribution in [2.45, 2.75) is 19.5 Å². The molecule has 9 nitrogen and oxygen atoms in total. The van der Waals surface area contributed by atoms with Crippen LogP contribution in [0.2, 0.25) is 0 Å². The van der Waals surface area contributed by atoms with Gasteiger partial charge in [0.25, 0.3) is 5.91 Å². The summed E-state index contributed by atoms with van der Waals surface area (Å²) in [5, 5.41) is 13.6. The highest BCUT2D eigenvalue weighted by Crippen LogP contribution is 2.15. The van der Waals surface area contributed by atoms with Crippen LogP contribution in [0.25, 0.3) is 0 Å². The number of anilines is 1. The Bertz CT molecular complexity index is 899. The van der Waals surface area contributed by atoms with Gasteiger partial charge in [-0.2, -0.15) is 10.2 Å². The molecule has 3 aromatic rings. The molecular formula is C16H17BrN6O3. The fourth-order valence-electron chi connectivity index (χ4n) is 2.35. The molecule has 0 unspecified atom stereocenters. The number of halogens is 1. The Morgan fingerprint density at radius 3 is 2.85 bits per heavy atom. The molecule has 3 rings (SSSR count). The summed E-state index contributed by atoms with van der Waals surface area (Å²) in [6.45, 7) is 0.677. The fourth-order valence-corrected chi connectivity index (χ4v) is 2.68. The first-order chi connectivity index (χ1) is 12.5. The Morgan fingerprint density at radius 1 is 1.31 bits per heavy atom. The van der Waals surface area contributed by atoms with Crippen molar-refractivity contribution in [3.63, 3.8) is 0 Å². The maximum atomic E-state index is 12.4. The summed E-state index contributed by atoms with van der Waals surface area (Å²) in [6, 6.07) is 3.51. The number of amides is 2. The van der Waals surface area contributed by atoms with Crippen molar-refractivity contribution in [2.24, 2.45) is 7.05 Å². The number of hydrogen-bond donors (Lipinski definition) is 2. The molecule has 26 heavy (non-hydrogen) atoms. The molecule has 3 aromatic heterocycles. The Hall–Kier alpha value is -2.88. The largest absolute Gasteiger partial charge is 0.467 e. The van der Waals surface area contributed by atoms with Gasteiger partial charge in [-0.15, -0.1) is 0 Å². The van der Waals surface area contributed by atoms with E-state index in [9.17, 15) is 9.59 Å². The minimum absolute atomic E-state index is 0.219. The number of aryl methyl sites for hydroxylation is 2. The van der Waals surface area contributed by atoms with Crippen molar-refractivity contribution in [2.75, 3.05) is 5.32 Å². The third-order valence-electron chi connectivity index (χ3n) is 3.60. The zero-order valence-corrected chi connectivity index (χ0v) is 15.6. The Morgan fingerprint density at radius 2 is 2.15 bits per heavy atom. The van der Waals surface area contributed by atoms with Crippen LogP contribution in [0.5, 0.6) is 0 Å². The number of aromatic nitrogens is 4. The van der Waals surface area contributed by atoms with E-state index in [4.69, 9.17) is 4.42 Å². The molecule has 0 atom stereocenters. The highest BCUT2D eigenvalue weighted by atomic mass is 79.9. The highest BCUT2D eigenvalue weighted by molar-refractivity contribution is 9.10. The van der Waals surface area contributed by atoms with E-state index in [-0.39, 0.29) is 30.5 Å². The first-order valence-electron chi connectivity index (χ1n) is 7.83. The third-order valence-corrected chi connectivity index (χ3v) is 4.01. The molecule has 2 N–H and O–H groups in total. The predicted molar refractivity (Wildman–Crippen MR) is 96.3 cm³/mol. The summed E-state index contributed by atoms with van der Waals surface area (Å²) >= 11 is 3.30. The molecule has 0 fully saturated rings. The van der Waals surface area contributed by atoms with Crippen molar-refractivity contribution in [3.8, 4) is 0 Å². The smallest absolute Gasteiger partial charge is 0.272 e. The molecule has 0 saturated heterocycles. The van der Waals surface area contributed by atoms with Crippen LogP contribution in [0.4, 0.5) is 5.69 Å². The first kappa shape index (κ1) is 17.9.